The molecule has 1 aliphatic rings. The van der Waals surface area contributed by atoms with E-state index in [1.807, 2.05) is 6.92 Å². The first-order valence-corrected chi connectivity index (χ1v) is 8.17. The minimum absolute atomic E-state index is 0.0333. The number of aliphatic hydroxyl groups excluding tert-OH is 1. The average molecular weight is 304 g/mol. The minimum atomic E-state index is -3.57. The van der Waals surface area contributed by atoms with Gasteiger partial charge >= 0.3 is 0 Å². The van der Waals surface area contributed by atoms with Crippen molar-refractivity contribution >= 4 is 21.6 Å². The molecule has 1 saturated carbocycles. The van der Waals surface area contributed by atoms with Gasteiger partial charge in [0.15, 0.2) is 0 Å². The van der Waals surface area contributed by atoms with Crippen LogP contribution in [0.5, 0.6) is 0 Å². The van der Waals surface area contributed by atoms with Gasteiger partial charge in [0.2, 0.25) is 10.0 Å². The zero-order chi connectivity index (χ0) is 14.2. The Labute approximate surface area is 118 Å². The summed E-state index contributed by atoms with van der Waals surface area (Å²) in [7, 11) is -3.57. The van der Waals surface area contributed by atoms with Crippen molar-refractivity contribution in [1.82, 2.24) is 4.72 Å². The molecule has 0 heterocycles. The van der Waals surface area contributed by atoms with Gasteiger partial charge in [0.25, 0.3) is 0 Å². The van der Waals surface area contributed by atoms with Crippen LogP contribution in [0.25, 0.3) is 0 Å². The van der Waals surface area contributed by atoms with Crippen LogP contribution in [-0.2, 0) is 16.6 Å². The Morgan fingerprint density at radius 3 is 2.68 bits per heavy atom. The molecule has 0 spiro atoms. The molecule has 0 radical (unpaired) electrons. The van der Waals surface area contributed by atoms with Crippen LogP contribution < -0.4 is 4.72 Å². The molecule has 6 heteroatoms. The minimum Gasteiger partial charge on any atom is -0.392 e. The first-order chi connectivity index (χ1) is 8.89. The maximum atomic E-state index is 12.3. The van der Waals surface area contributed by atoms with Gasteiger partial charge in [0, 0.05) is 11.1 Å². The van der Waals surface area contributed by atoms with Crippen molar-refractivity contribution in [3.05, 3.63) is 28.3 Å². The Bertz CT molecular complexity index is 586. The number of sulfonamides is 1. The molecule has 4 nitrogen and oxygen atoms in total. The largest absolute Gasteiger partial charge is 0.392 e. The summed E-state index contributed by atoms with van der Waals surface area (Å²) in [6.07, 6.45) is 1.87. The fourth-order valence-corrected chi connectivity index (χ4v) is 4.19. The number of hydrogen-bond donors (Lipinski definition) is 2. The van der Waals surface area contributed by atoms with Gasteiger partial charge in [-0.05, 0) is 42.5 Å². The fraction of sp³-hybridized carbons (Fsp3) is 0.538. The quantitative estimate of drug-likeness (QED) is 0.876. The molecule has 1 fully saturated rings. The van der Waals surface area contributed by atoms with E-state index in [2.05, 4.69) is 4.72 Å². The molecule has 1 aromatic carbocycles. The van der Waals surface area contributed by atoms with Gasteiger partial charge in [0.05, 0.1) is 11.5 Å². The molecule has 0 aromatic heterocycles. The molecule has 1 aromatic rings. The van der Waals surface area contributed by atoms with Crippen molar-refractivity contribution in [1.29, 1.82) is 0 Å². The molecule has 0 bridgehead atoms. The predicted molar refractivity (Wildman–Crippen MR) is 74.6 cm³/mol. The molecule has 2 rings (SSSR count). The smallest absolute Gasteiger partial charge is 0.241 e. The van der Waals surface area contributed by atoms with Crippen molar-refractivity contribution in [2.75, 3.05) is 0 Å². The zero-order valence-corrected chi connectivity index (χ0v) is 12.6. The summed E-state index contributed by atoms with van der Waals surface area (Å²) >= 11 is 5.91. The van der Waals surface area contributed by atoms with Gasteiger partial charge in [-0.3, -0.25) is 0 Å². The van der Waals surface area contributed by atoms with E-state index in [0.29, 0.717) is 22.1 Å². The maximum Gasteiger partial charge on any atom is 0.241 e. The second-order valence-corrected chi connectivity index (χ2v) is 7.10. The molecule has 0 aliphatic heterocycles. The normalized spacial score (nSPS) is 22.5. The summed E-state index contributed by atoms with van der Waals surface area (Å²) < 4.78 is 27.4. The Balaban J connectivity index is 2.32. The lowest BCUT2D eigenvalue weighted by Crippen LogP contribution is -2.28. The second-order valence-electron chi connectivity index (χ2n) is 4.98. The molecule has 2 atom stereocenters. The molecule has 2 N–H and O–H groups in total. The van der Waals surface area contributed by atoms with Crippen molar-refractivity contribution < 1.29 is 13.5 Å². The Kier molecular flexibility index (Phi) is 4.20. The summed E-state index contributed by atoms with van der Waals surface area (Å²) in [6.45, 7) is 3.50. The van der Waals surface area contributed by atoms with Crippen molar-refractivity contribution in [2.24, 2.45) is 5.92 Å². The van der Waals surface area contributed by atoms with Gasteiger partial charge in [-0.1, -0.05) is 24.9 Å². The molecule has 0 saturated heterocycles. The monoisotopic (exact) mass is 303 g/mol. The second kappa shape index (κ2) is 5.40. The lowest BCUT2D eigenvalue weighted by Gasteiger charge is -2.12. The summed E-state index contributed by atoms with van der Waals surface area (Å²) in [4.78, 5) is 0.158. The lowest BCUT2D eigenvalue weighted by atomic mass is 10.1. The molecule has 19 heavy (non-hydrogen) atoms. The zero-order valence-electron chi connectivity index (χ0n) is 11.0. The first kappa shape index (κ1) is 14.8. The van der Waals surface area contributed by atoms with E-state index in [1.54, 1.807) is 13.0 Å². The molecule has 0 amide bonds. The SMILES string of the molecule is CCC1CC1NS(=O)(=O)c1cc(Cl)cc(CO)c1C. The Morgan fingerprint density at radius 1 is 1.47 bits per heavy atom. The number of nitrogens with one attached hydrogen (secondary N) is 1. The Morgan fingerprint density at radius 2 is 2.16 bits per heavy atom. The van der Waals surface area contributed by atoms with E-state index >= 15 is 0 Å². The fourth-order valence-electron chi connectivity index (χ4n) is 2.26. The Hall–Kier alpha value is -0.620. The molecule has 106 valence electrons. The number of aliphatic hydroxyl groups is 1. The standard InChI is InChI=1S/C13H18ClNO3S/c1-3-9-5-12(9)15-19(17,18)13-6-11(14)4-10(7-16)8(13)2/h4,6,9,12,15-16H,3,5,7H2,1-2H3. The third-order valence-corrected chi connectivity index (χ3v) is 5.48. The third kappa shape index (κ3) is 3.11. The number of rotatable bonds is 5. The summed E-state index contributed by atoms with van der Waals surface area (Å²) in [5.74, 6) is 0.437. The summed E-state index contributed by atoms with van der Waals surface area (Å²) in [5.41, 5.74) is 1.09. The maximum absolute atomic E-state index is 12.3. The highest BCUT2D eigenvalue weighted by Gasteiger charge is 2.39. The van der Waals surface area contributed by atoms with E-state index in [-0.39, 0.29) is 17.5 Å². The molecular formula is C13H18ClNO3S. The van der Waals surface area contributed by atoms with Crippen molar-refractivity contribution in [3.8, 4) is 0 Å². The van der Waals surface area contributed by atoms with Crippen LogP contribution in [0.4, 0.5) is 0 Å². The molecule has 1 aliphatic carbocycles. The van der Waals surface area contributed by atoms with E-state index in [0.717, 1.165) is 12.8 Å². The highest BCUT2D eigenvalue weighted by molar-refractivity contribution is 7.89. The molecular weight excluding hydrogens is 286 g/mol. The third-order valence-electron chi connectivity index (χ3n) is 3.65. The van der Waals surface area contributed by atoms with Crippen molar-refractivity contribution in [3.63, 3.8) is 0 Å². The van der Waals surface area contributed by atoms with Gasteiger partial charge in [-0.2, -0.15) is 0 Å². The first-order valence-electron chi connectivity index (χ1n) is 6.31. The van der Waals surface area contributed by atoms with Crippen LogP contribution in [-0.4, -0.2) is 19.6 Å². The van der Waals surface area contributed by atoms with Gasteiger partial charge in [0.1, 0.15) is 0 Å². The van der Waals surface area contributed by atoms with E-state index in [4.69, 9.17) is 11.6 Å². The van der Waals surface area contributed by atoms with E-state index in [9.17, 15) is 13.5 Å². The van der Waals surface area contributed by atoms with E-state index in [1.165, 1.54) is 6.07 Å². The van der Waals surface area contributed by atoms with Gasteiger partial charge in [-0.15, -0.1) is 0 Å². The van der Waals surface area contributed by atoms with Crippen LogP contribution in [0.2, 0.25) is 5.02 Å². The highest BCUT2D eigenvalue weighted by atomic mass is 35.5. The summed E-state index contributed by atoms with van der Waals surface area (Å²) in [6, 6.07) is 3.05. The molecule has 2 unspecified atom stereocenters. The highest BCUT2D eigenvalue weighted by Crippen LogP contribution is 2.35. The predicted octanol–water partition coefficient (Wildman–Crippen LogP) is 2.22. The van der Waals surface area contributed by atoms with Crippen LogP contribution in [0.3, 0.4) is 0 Å². The van der Waals surface area contributed by atoms with Gasteiger partial charge in [-0.25, -0.2) is 13.1 Å². The average Bonchev–Trinajstić information content (AvgIpc) is 3.09. The van der Waals surface area contributed by atoms with Crippen LogP contribution in [0.1, 0.15) is 30.9 Å². The number of benzene rings is 1. The van der Waals surface area contributed by atoms with Crippen LogP contribution in [0, 0.1) is 12.8 Å². The number of halogens is 1. The van der Waals surface area contributed by atoms with Crippen LogP contribution in [0.15, 0.2) is 17.0 Å². The van der Waals surface area contributed by atoms with Gasteiger partial charge < -0.3 is 5.11 Å². The lowest BCUT2D eigenvalue weighted by molar-refractivity contribution is 0.280. The number of hydrogen-bond acceptors (Lipinski definition) is 3. The summed E-state index contributed by atoms with van der Waals surface area (Å²) in [5, 5.41) is 9.55. The topological polar surface area (TPSA) is 66.4 Å². The van der Waals surface area contributed by atoms with E-state index < -0.39 is 10.0 Å². The van der Waals surface area contributed by atoms with Crippen molar-refractivity contribution in [2.45, 2.75) is 44.2 Å². The van der Waals surface area contributed by atoms with Crippen LogP contribution >= 0.6 is 11.6 Å².